The second-order valence-electron chi connectivity index (χ2n) is 4.51. The Morgan fingerprint density at radius 3 is 2.47 bits per heavy atom. The summed E-state index contributed by atoms with van der Waals surface area (Å²) < 4.78 is 0. The number of rotatable bonds is 8. The second-order valence-corrected chi connectivity index (χ2v) is 4.51. The van der Waals surface area contributed by atoms with E-state index in [-0.39, 0.29) is 5.41 Å². The molecule has 0 aliphatic heterocycles. The topological polar surface area (TPSA) is 35.8 Å². The minimum atomic E-state index is -0.175. The molecule has 0 rings (SSSR count). The van der Waals surface area contributed by atoms with Crippen molar-refractivity contribution in [3.8, 4) is 18.4 Å². The molecule has 0 aliphatic carbocycles. The Morgan fingerprint density at radius 2 is 1.87 bits per heavy atom. The van der Waals surface area contributed by atoms with Crippen molar-refractivity contribution < 1.29 is 0 Å². The number of hydrogen-bond donors (Lipinski definition) is 1. The van der Waals surface area contributed by atoms with Crippen LogP contribution in [0.1, 0.15) is 46.0 Å². The molecule has 0 amide bonds. The van der Waals surface area contributed by atoms with Gasteiger partial charge in [0.2, 0.25) is 0 Å². The van der Waals surface area contributed by atoms with Crippen LogP contribution in [0.5, 0.6) is 0 Å². The van der Waals surface area contributed by atoms with Gasteiger partial charge in [0.25, 0.3) is 0 Å². The number of unbranched alkanes of at least 4 members (excludes halogenated alkanes) is 2. The molecule has 0 bridgehead atoms. The molecule has 2 heteroatoms. The molecule has 0 aliphatic rings. The molecule has 0 aromatic carbocycles. The lowest BCUT2D eigenvalue weighted by Crippen LogP contribution is -2.19. The Kier molecular flexibility index (Phi) is 7.78. The maximum Gasteiger partial charge on any atom is 0.0683 e. The van der Waals surface area contributed by atoms with Crippen LogP contribution < -0.4 is 5.32 Å². The van der Waals surface area contributed by atoms with Crippen LogP contribution >= 0.6 is 0 Å². The molecule has 84 valence electrons. The highest BCUT2D eigenvalue weighted by atomic mass is 14.8. The predicted octanol–water partition coefficient (Wildman–Crippen LogP) is 2.71. The molecule has 0 fully saturated rings. The van der Waals surface area contributed by atoms with Crippen LogP contribution in [-0.4, -0.2) is 13.1 Å². The highest BCUT2D eigenvalue weighted by Gasteiger charge is 2.14. The minimum absolute atomic E-state index is 0.175. The van der Waals surface area contributed by atoms with Crippen molar-refractivity contribution in [3.63, 3.8) is 0 Å². The summed E-state index contributed by atoms with van der Waals surface area (Å²) in [5.74, 6) is 2.63. The van der Waals surface area contributed by atoms with Crippen molar-refractivity contribution in [3.05, 3.63) is 0 Å². The molecule has 15 heavy (non-hydrogen) atoms. The van der Waals surface area contributed by atoms with E-state index < -0.39 is 0 Å². The van der Waals surface area contributed by atoms with Gasteiger partial charge in [0.15, 0.2) is 0 Å². The molecule has 0 aromatic heterocycles. The van der Waals surface area contributed by atoms with E-state index in [1.54, 1.807) is 0 Å². The normalized spacial score (nSPS) is 10.7. The molecular formula is C13H22N2. The summed E-state index contributed by atoms with van der Waals surface area (Å²) in [6.45, 7) is 6.01. The molecule has 2 nitrogen and oxygen atoms in total. The SMILES string of the molecule is C#CCCCCNCCCC(C)(C)C#N. The van der Waals surface area contributed by atoms with Crippen molar-refractivity contribution in [2.75, 3.05) is 13.1 Å². The molecule has 0 heterocycles. The van der Waals surface area contributed by atoms with Gasteiger partial charge in [0, 0.05) is 6.42 Å². The van der Waals surface area contributed by atoms with Crippen LogP contribution in [0.2, 0.25) is 0 Å². The fourth-order valence-electron chi connectivity index (χ4n) is 1.31. The van der Waals surface area contributed by atoms with Gasteiger partial charge in [-0.15, -0.1) is 12.3 Å². The molecule has 0 saturated carbocycles. The zero-order valence-electron chi connectivity index (χ0n) is 9.97. The lowest BCUT2D eigenvalue weighted by atomic mass is 9.90. The molecule has 0 spiro atoms. The molecule has 0 atom stereocenters. The first-order chi connectivity index (χ1) is 7.12. The second kappa shape index (κ2) is 8.33. The van der Waals surface area contributed by atoms with Crippen LogP contribution in [0.3, 0.4) is 0 Å². The quantitative estimate of drug-likeness (QED) is 0.489. The molecule has 0 saturated heterocycles. The molecule has 0 radical (unpaired) electrons. The number of hydrogen-bond acceptors (Lipinski definition) is 2. The lowest BCUT2D eigenvalue weighted by molar-refractivity contribution is 0.425. The van der Waals surface area contributed by atoms with E-state index in [9.17, 15) is 0 Å². The summed E-state index contributed by atoms with van der Waals surface area (Å²) in [6.07, 6.45) is 10.3. The minimum Gasteiger partial charge on any atom is -0.317 e. The number of nitrogens with zero attached hydrogens (tertiary/aromatic N) is 1. The molecule has 0 aromatic rings. The third-order valence-corrected chi connectivity index (χ3v) is 2.38. The fraction of sp³-hybridized carbons (Fsp3) is 0.769. The van der Waals surface area contributed by atoms with Crippen LogP contribution in [0.25, 0.3) is 0 Å². The van der Waals surface area contributed by atoms with Gasteiger partial charge in [-0.05, 0) is 52.6 Å². The van der Waals surface area contributed by atoms with Gasteiger partial charge >= 0.3 is 0 Å². The van der Waals surface area contributed by atoms with Gasteiger partial charge in [-0.3, -0.25) is 0 Å². The summed E-state index contributed by atoms with van der Waals surface area (Å²) in [5, 5.41) is 12.2. The van der Waals surface area contributed by atoms with Crippen molar-refractivity contribution in [2.24, 2.45) is 5.41 Å². The maximum atomic E-state index is 8.80. The van der Waals surface area contributed by atoms with E-state index in [1.165, 1.54) is 0 Å². The first-order valence-corrected chi connectivity index (χ1v) is 5.68. The van der Waals surface area contributed by atoms with E-state index in [4.69, 9.17) is 11.7 Å². The van der Waals surface area contributed by atoms with E-state index in [0.29, 0.717) is 0 Å². The third-order valence-electron chi connectivity index (χ3n) is 2.38. The summed E-state index contributed by atoms with van der Waals surface area (Å²) in [5.41, 5.74) is -0.175. The zero-order valence-corrected chi connectivity index (χ0v) is 9.97. The van der Waals surface area contributed by atoms with Crippen LogP contribution in [0, 0.1) is 29.1 Å². The monoisotopic (exact) mass is 206 g/mol. The van der Waals surface area contributed by atoms with Gasteiger partial charge in [-0.1, -0.05) is 0 Å². The van der Waals surface area contributed by atoms with Crippen LogP contribution in [0.15, 0.2) is 0 Å². The van der Waals surface area contributed by atoms with Gasteiger partial charge in [-0.25, -0.2) is 0 Å². The largest absolute Gasteiger partial charge is 0.317 e. The number of nitrogens with one attached hydrogen (secondary N) is 1. The summed E-state index contributed by atoms with van der Waals surface area (Å²) in [7, 11) is 0. The Labute approximate surface area is 94.1 Å². The maximum absolute atomic E-state index is 8.80. The fourth-order valence-corrected chi connectivity index (χ4v) is 1.31. The first kappa shape index (κ1) is 14.0. The average molecular weight is 206 g/mol. The van der Waals surface area contributed by atoms with Crippen molar-refractivity contribution in [1.82, 2.24) is 5.32 Å². The lowest BCUT2D eigenvalue weighted by Gasteiger charge is -2.14. The highest BCUT2D eigenvalue weighted by Crippen LogP contribution is 2.19. The van der Waals surface area contributed by atoms with Crippen molar-refractivity contribution in [1.29, 1.82) is 5.26 Å². The summed E-state index contributed by atoms with van der Waals surface area (Å²) in [4.78, 5) is 0. The summed E-state index contributed by atoms with van der Waals surface area (Å²) in [6, 6.07) is 2.31. The van der Waals surface area contributed by atoms with Gasteiger partial charge in [0.1, 0.15) is 0 Å². The zero-order chi connectivity index (χ0) is 11.6. The summed E-state index contributed by atoms with van der Waals surface area (Å²) >= 11 is 0. The smallest absolute Gasteiger partial charge is 0.0683 e. The molecule has 1 N–H and O–H groups in total. The van der Waals surface area contributed by atoms with E-state index in [1.807, 2.05) is 13.8 Å². The van der Waals surface area contributed by atoms with Crippen molar-refractivity contribution in [2.45, 2.75) is 46.0 Å². The number of terminal acetylenes is 1. The Morgan fingerprint density at radius 1 is 1.20 bits per heavy atom. The standard InChI is InChI=1S/C13H22N2/c1-4-5-6-7-10-15-11-8-9-13(2,3)12-14/h1,15H,5-11H2,2-3H3. The Hall–Kier alpha value is -0.990. The predicted molar refractivity (Wildman–Crippen MR) is 64.2 cm³/mol. The first-order valence-electron chi connectivity index (χ1n) is 5.68. The average Bonchev–Trinajstić information content (AvgIpc) is 2.22. The Balaban J connectivity index is 3.20. The Bertz CT molecular complexity index is 230. The number of nitriles is 1. The van der Waals surface area contributed by atoms with Gasteiger partial charge in [0.05, 0.1) is 11.5 Å². The van der Waals surface area contributed by atoms with Gasteiger partial charge in [-0.2, -0.15) is 5.26 Å². The van der Waals surface area contributed by atoms with E-state index in [0.717, 1.165) is 45.2 Å². The van der Waals surface area contributed by atoms with E-state index >= 15 is 0 Å². The highest BCUT2D eigenvalue weighted by molar-refractivity contribution is 4.91. The van der Waals surface area contributed by atoms with Crippen LogP contribution in [0.4, 0.5) is 0 Å². The van der Waals surface area contributed by atoms with Crippen LogP contribution in [-0.2, 0) is 0 Å². The van der Waals surface area contributed by atoms with Crippen molar-refractivity contribution >= 4 is 0 Å². The molecular weight excluding hydrogens is 184 g/mol. The third kappa shape index (κ3) is 9.32. The van der Waals surface area contributed by atoms with E-state index in [2.05, 4.69) is 17.3 Å². The van der Waals surface area contributed by atoms with Gasteiger partial charge < -0.3 is 5.32 Å². The molecule has 0 unspecified atom stereocenters.